The van der Waals surface area contributed by atoms with E-state index in [-0.39, 0.29) is 23.1 Å². The molecule has 1 amide bonds. The van der Waals surface area contributed by atoms with Crippen molar-refractivity contribution in [3.8, 4) is 0 Å². The number of aromatic nitrogens is 1. The molecule has 9 heteroatoms. The first-order chi connectivity index (χ1) is 14.2. The second kappa shape index (κ2) is 9.28. The summed E-state index contributed by atoms with van der Waals surface area (Å²) in [4.78, 5) is 15.0. The molecule has 8 nitrogen and oxygen atoms in total. The van der Waals surface area contributed by atoms with E-state index in [1.54, 1.807) is 13.8 Å². The zero-order valence-corrected chi connectivity index (χ0v) is 18.8. The van der Waals surface area contributed by atoms with Gasteiger partial charge in [-0.15, -0.1) is 0 Å². The van der Waals surface area contributed by atoms with Gasteiger partial charge in [-0.2, -0.15) is 4.31 Å². The van der Waals surface area contributed by atoms with Gasteiger partial charge < -0.3 is 14.7 Å². The van der Waals surface area contributed by atoms with E-state index in [1.807, 2.05) is 38.4 Å². The molecule has 1 fully saturated rings. The molecule has 0 aliphatic carbocycles. The van der Waals surface area contributed by atoms with Crippen molar-refractivity contribution in [2.24, 2.45) is 5.92 Å². The number of amides is 1. The monoisotopic (exact) mass is 434 g/mol. The van der Waals surface area contributed by atoms with Crippen molar-refractivity contribution in [3.05, 3.63) is 41.3 Å². The maximum atomic E-state index is 13.1. The molecule has 0 bridgehead atoms. The SMILES string of the molecule is Cc1noc(C)c1S(=O)(=O)N1CCCC(C(=O)Nc2ccc(CCN(C)C)cc2)C1. The molecule has 30 heavy (non-hydrogen) atoms. The van der Waals surface area contributed by atoms with Gasteiger partial charge in [-0.1, -0.05) is 17.3 Å². The first kappa shape index (κ1) is 22.5. The Morgan fingerprint density at radius 3 is 2.57 bits per heavy atom. The Hall–Kier alpha value is -2.23. The van der Waals surface area contributed by atoms with Crippen molar-refractivity contribution < 1.29 is 17.7 Å². The van der Waals surface area contributed by atoms with Crippen LogP contribution in [-0.4, -0.2) is 62.4 Å². The van der Waals surface area contributed by atoms with Crippen LogP contribution >= 0.6 is 0 Å². The first-order valence-corrected chi connectivity index (χ1v) is 11.6. The Bertz CT molecular complexity index is 963. The van der Waals surface area contributed by atoms with Crippen LogP contribution in [0.1, 0.15) is 29.9 Å². The van der Waals surface area contributed by atoms with Gasteiger partial charge in [0, 0.05) is 25.3 Å². The molecule has 1 atom stereocenters. The number of sulfonamides is 1. The van der Waals surface area contributed by atoms with Crippen LogP contribution < -0.4 is 5.32 Å². The van der Waals surface area contributed by atoms with E-state index in [0.717, 1.165) is 18.7 Å². The summed E-state index contributed by atoms with van der Waals surface area (Å²) in [5.74, 6) is -0.287. The van der Waals surface area contributed by atoms with Crippen LogP contribution in [0.2, 0.25) is 0 Å². The van der Waals surface area contributed by atoms with E-state index >= 15 is 0 Å². The van der Waals surface area contributed by atoms with E-state index in [2.05, 4.69) is 15.4 Å². The number of nitrogens with one attached hydrogen (secondary N) is 1. The molecule has 1 aliphatic rings. The Balaban J connectivity index is 1.64. The van der Waals surface area contributed by atoms with Crippen LogP contribution in [0.15, 0.2) is 33.7 Å². The van der Waals surface area contributed by atoms with Crippen LogP contribution in [0.3, 0.4) is 0 Å². The molecular formula is C21H30N4O4S. The van der Waals surface area contributed by atoms with Crippen LogP contribution in [0, 0.1) is 19.8 Å². The van der Waals surface area contributed by atoms with Crippen molar-refractivity contribution in [1.82, 2.24) is 14.4 Å². The Labute approximate surface area is 178 Å². The highest BCUT2D eigenvalue weighted by molar-refractivity contribution is 7.89. The van der Waals surface area contributed by atoms with Crippen molar-refractivity contribution in [2.45, 2.75) is 38.0 Å². The number of benzene rings is 1. The van der Waals surface area contributed by atoms with Gasteiger partial charge >= 0.3 is 0 Å². The fourth-order valence-electron chi connectivity index (χ4n) is 3.70. The lowest BCUT2D eigenvalue weighted by atomic mass is 9.98. The number of anilines is 1. The fourth-order valence-corrected chi connectivity index (χ4v) is 5.51. The quantitative estimate of drug-likeness (QED) is 0.719. The van der Waals surface area contributed by atoms with Crippen LogP contribution in [0.5, 0.6) is 0 Å². The Morgan fingerprint density at radius 1 is 1.27 bits per heavy atom. The average molecular weight is 435 g/mol. The average Bonchev–Trinajstić information content (AvgIpc) is 3.06. The molecule has 1 aromatic heterocycles. The highest BCUT2D eigenvalue weighted by Crippen LogP contribution is 2.28. The molecule has 1 N–H and O–H groups in total. The third-order valence-corrected chi connectivity index (χ3v) is 7.50. The number of nitrogens with zero attached hydrogens (tertiary/aromatic N) is 3. The lowest BCUT2D eigenvalue weighted by Crippen LogP contribution is -2.43. The van der Waals surface area contributed by atoms with E-state index in [4.69, 9.17) is 4.52 Å². The number of likely N-dealkylation sites (N-methyl/N-ethyl adjacent to an activating group) is 1. The lowest BCUT2D eigenvalue weighted by molar-refractivity contribution is -0.120. The summed E-state index contributed by atoms with van der Waals surface area (Å²) in [5.41, 5.74) is 2.27. The number of piperidine rings is 1. The van der Waals surface area contributed by atoms with Crippen molar-refractivity contribution in [2.75, 3.05) is 39.0 Å². The standard InChI is InChI=1S/C21H30N4O4S/c1-15-20(16(2)29-23-15)30(27,28)25-12-5-6-18(14-25)21(26)22-19-9-7-17(8-10-19)11-13-24(3)4/h7-10,18H,5-6,11-14H2,1-4H3,(H,22,26). The van der Waals surface area contributed by atoms with Gasteiger partial charge in [-0.3, -0.25) is 4.79 Å². The summed E-state index contributed by atoms with van der Waals surface area (Å²) in [6.07, 6.45) is 2.23. The largest absolute Gasteiger partial charge is 0.360 e. The smallest absolute Gasteiger partial charge is 0.248 e. The van der Waals surface area contributed by atoms with Crippen molar-refractivity contribution in [3.63, 3.8) is 0 Å². The minimum Gasteiger partial charge on any atom is -0.360 e. The maximum absolute atomic E-state index is 13.1. The van der Waals surface area contributed by atoms with Gasteiger partial charge in [0.1, 0.15) is 10.6 Å². The Kier molecular flexibility index (Phi) is 6.95. The van der Waals surface area contributed by atoms with Crippen molar-refractivity contribution >= 4 is 21.6 Å². The van der Waals surface area contributed by atoms with Crippen molar-refractivity contribution in [1.29, 1.82) is 0 Å². The van der Waals surface area contributed by atoms with E-state index in [0.29, 0.717) is 25.1 Å². The summed E-state index contributed by atoms with van der Waals surface area (Å²) < 4.78 is 32.5. The molecule has 0 saturated carbocycles. The third-order valence-electron chi connectivity index (χ3n) is 5.39. The van der Waals surface area contributed by atoms with E-state index < -0.39 is 15.9 Å². The van der Waals surface area contributed by atoms with E-state index in [1.165, 1.54) is 9.87 Å². The van der Waals surface area contributed by atoms with Crippen LogP contribution in [0.25, 0.3) is 0 Å². The predicted octanol–water partition coefficient (Wildman–Crippen LogP) is 2.43. The van der Waals surface area contributed by atoms with Crippen LogP contribution in [-0.2, 0) is 21.2 Å². The minimum atomic E-state index is -3.75. The number of carbonyl (C=O) groups excluding carboxylic acids is 1. The molecule has 1 aromatic carbocycles. The zero-order valence-electron chi connectivity index (χ0n) is 18.0. The highest BCUT2D eigenvalue weighted by atomic mass is 32.2. The number of carbonyl (C=O) groups is 1. The molecule has 1 unspecified atom stereocenters. The first-order valence-electron chi connectivity index (χ1n) is 10.2. The summed E-state index contributed by atoms with van der Waals surface area (Å²) >= 11 is 0. The number of rotatable bonds is 7. The van der Waals surface area contributed by atoms with E-state index in [9.17, 15) is 13.2 Å². The normalized spacial score (nSPS) is 18.0. The molecule has 3 rings (SSSR count). The third kappa shape index (κ3) is 5.08. The minimum absolute atomic E-state index is 0.108. The van der Waals surface area contributed by atoms with Gasteiger partial charge in [0.25, 0.3) is 0 Å². The zero-order chi connectivity index (χ0) is 21.9. The molecule has 0 radical (unpaired) electrons. The van der Waals surface area contributed by atoms with Gasteiger partial charge in [0.15, 0.2) is 5.76 Å². The summed E-state index contributed by atoms with van der Waals surface area (Å²) in [5, 5.41) is 6.69. The molecule has 0 spiro atoms. The second-order valence-electron chi connectivity index (χ2n) is 8.09. The topological polar surface area (TPSA) is 95.8 Å². The molecule has 164 valence electrons. The lowest BCUT2D eigenvalue weighted by Gasteiger charge is -2.31. The van der Waals surface area contributed by atoms with Gasteiger partial charge in [-0.25, -0.2) is 8.42 Å². The van der Waals surface area contributed by atoms with Gasteiger partial charge in [0.2, 0.25) is 15.9 Å². The maximum Gasteiger partial charge on any atom is 0.248 e. The molecule has 1 aliphatic heterocycles. The molecule has 1 saturated heterocycles. The summed E-state index contributed by atoms with van der Waals surface area (Å²) in [7, 11) is 0.326. The second-order valence-corrected chi connectivity index (χ2v) is 9.97. The molecule has 2 heterocycles. The van der Waals surface area contributed by atoms with Gasteiger partial charge in [0.05, 0.1) is 5.92 Å². The Morgan fingerprint density at radius 2 is 1.97 bits per heavy atom. The molecule has 2 aromatic rings. The van der Waals surface area contributed by atoms with Crippen LogP contribution in [0.4, 0.5) is 5.69 Å². The highest BCUT2D eigenvalue weighted by Gasteiger charge is 2.36. The summed E-state index contributed by atoms with van der Waals surface area (Å²) in [6, 6.07) is 7.80. The summed E-state index contributed by atoms with van der Waals surface area (Å²) in [6.45, 7) is 4.70. The van der Waals surface area contributed by atoms with Gasteiger partial charge in [-0.05, 0) is 64.9 Å². The molecular weight excluding hydrogens is 404 g/mol. The number of hydrogen-bond donors (Lipinski definition) is 1. The number of hydrogen-bond acceptors (Lipinski definition) is 6. The number of aryl methyl sites for hydroxylation is 2. The predicted molar refractivity (Wildman–Crippen MR) is 115 cm³/mol. The fraction of sp³-hybridized carbons (Fsp3) is 0.524.